The summed E-state index contributed by atoms with van der Waals surface area (Å²) in [5.74, 6) is -0.175. The summed E-state index contributed by atoms with van der Waals surface area (Å²) in [6, 6.07) is 11.5. The average molecular weight is 332 g/mol. The van der Waals surface area contributed by atoms with Crippen molar-refractivity contribution < 1.29 is 4.79 Å². The van der Waals surface area contributed by atoms with Crippen LogP contribution in [0.25, 0.3) is 16.7 Å². The Morgan fingerprint density at radius 1 is 1.16 bits per heavy atom. The zero-order valence-corrected chi connectivity index (χ0v) is 13.6. The van der Waals surface area contributed by atoms with E-state index in [1.807, 2.05) is 43.6 Å². The molecule has 0 bridgehead atoms. The van der Waals surface area contributed by atoms with Gasteiger partial charge in [-0.3, -0.25) is 14.5 Å². The molecule has 4 rings (SSSR count). The molecule has 0 unspecified atom stereocenters. The van der Waals surface area contributed by atoms with Gasteiger partial charge in [-0.25, -0.2) is 4.68 Å². The third-order valence-electron chi connectivity index (χ3n) is 4.04. The second-order valence-corrected chi connectivity index (χ2v) is 5.66. The van der Waals surface area contributed by atoms with Crippen LogP contribution < -0.4 is 5.32 Å². The van der Waals surface area contributed by atoms with Crippen LogP contribution in [0.15, 0.2) is 61.2 Å². The van der Waals surface area contributed by atoms with Crippen molar-refractivity contribution in [1.29, 1.82) is 0 Å². The molecular formula is C18H16N6O. The lowest BCUT2D eigenvalue weighted by molar-refractivity contribution is 0.0950. The molecule has 1 N–H and O–H groups in total. The van der Waals surface area contributed by atoms with Crippen molar-refractivity contribution in [1.82, 2.24) is 29.9 Å². The van der Waals surface area contributed by atoms with Crippen molar-refractivity contribution in [2.45, 2.75) is 6.54 Å². The van der Waals surface area contributed by atoms with E-state index in [0.717, 1.165) is 22.3 Å². The monoisotopic (exact) mass is 332 g/mol. The molecule has 3 aromatic heterocycles. The van der Waals surface area contributed by atoms with Gasteiger partial charge in [-0.1, -0.05) is 18.2 Å². The van der Waals surface area contributed by atoms with Crippen LogP contribution in [-0.2, 0) is 13.6 Å². The van der Waals surface area contributed by atoms with Crippen LogP contribution >= 0.6 is 0 Å². The van der Waals surface area contributed by atoms with Crippen molar-refractivity contribution in [3.05, 3.63) is 72.3 Å². The highest BCUT2D eigenvalue weighted by Crippen LogP contribution is 2.14. The lowest BCUT2D eigenvalue weighted by Gasteiger charge is -2.11. The van der Waals surface area contributed by atoms with Crippen molar-refractivity contribution >= 4 is 16.9 Å². The van der Waals surface area contributed by atoms with Crippen LogP contribution in [0.3, 0.4) is 0 Å². The highest BCUT2D eigenvalue weighted by molar-refractivity contribution is 5.96. The third kappa shape index (κ3) is 2.87. The van der Waals surface area contributed by atoms with E-state index in [2.05, 4.69) is 20.5 Å². The molecule has 124 valence electrons. The quantitative estimate of drug-likeness (QED) is 0.621. The van der Waals surface area contributed by atoms with Crippen LogP contribution in [0.4, 0.5) is 0 Å². The predicted octanol–water partition coefficient (Wildman–Crippen LogP) is 2.08. The van der Waals surface area contributed by atoms with Gasteiger partial charge in [-0.05, 0) is 23.8 Å². The lowest BCUT2D eigenvalue weighted by Crippen LogP contribution is -2.23. The van der Waals surface area contributed by atoms with E-state index in [4.69, 9.17) is 0 Å². The Bertz CT molecular complexity index is 1030. The number of aryl methyl sites for hydroxylation is 1. The molecule has 0 spiro atoms. The van der Waals surface area contributed by atoms with Crippen molar-refractivity contribution in [3.63, 3.8) is 0 Å². The SMILES string of the molecule is Cn1ncc2ncc(C(=O)NCc3ccccc3-n3cccn3)cc21. The number of pyridine rings is 1. The van der Waals surface area contributed by atoms with E-state index in [9.17, 15) is 4.79 Å². The molecule has 0 saturated carbocycles. The van der Waals surface area contributed by atoms with Crippen LogP contribution in [0.5, 0.6) is 0 Å². The largest absolute Gasteiger partial charge is 0.348 e. The predicted molar refractivity (Wildman–Crippen MR) is 93.2 cm³/mol. The van der Waals surface area contributed by atoms with E-state index in [1.54, 1.807) is 34.0 Å². The molecule has 0 atom stereocenters. The molecule has 0 fully saturated rings. The number of rotatable bonds is 4. The van der Waals surface area contributed by atoms with Crippen LogP contribution in [0, 0.1) is 0 Å². The highest BCUT2D eigenvalue weighted by atomic mass is 16.1. The molecule has 1 amide bonds. The zero-order chi connectivity index (χ0) is 17.2. The maximum absolute atomic E-state index is 12.5. The molecule has 0 saturated heterocycles. The number of amides is 1. The number of hydrogen-bond donors (Lipinski definition) is 1. The van der Waals surface area contributed by atoms with Crippen molar-refractivity contribution in [2.24, 2.45) is 7.05 Å². The minimum Gasteiger partial charge on any atom is -0.348 e. The first kappa shape index (κ1) is 15.1. The molecule has 7 nitrogen and oxygen atoms in total. The first-order valence-corrected chi connectivity index (χ1v) is 7.86. The maximum Gasteiger partial charge on any atom is 0.253 e. The van der Waals surface area contributed by atoms with E-state index in [1.165, 1.54) is 0 Å². The van der Waals surface area contributed by atoms with Gasteiger partial charge in [-0.15, -0.1) is 0 Å². The first-order chi connectivity index (χ1) is 12.2. The fourth-order valence-corrected chi connectivity index (χ4v) is 2.72. The molecule has 3 heterocycles. The number of carbonyl (C=O) groups is 1. The van der Waals surface area contributed by atoms with Gasteiger partial charge in [0.05, 0.1) is 23.0 Å². The van der Waals surface area contributed by atoms with E-state index in [-0.39, 0.29) is 5.91 Å². The molecule has 0 radical (unpaired) electrons. The Morgan fingerprint density at radius 2 is 2.04 bits per heavy atom. The van der Waals surface area contributed by atoms with Gasteiger partial charge in [-0.2, -0.15) is 10.2 Å². The summed E-state index contributed by atoms with van der Waals surface area (Å²) >= 11 is 0. The molecule has 4 aromatic rings. The second-order valence-electron chi connectivity index (χ2n) is 5.66. The van der Waals surface area contributed by atoms with Gasteiger partial charge in [0.25, 0.3) is 5.91 Å². The van der Waals surface area contributed by atoms with Crippen molar-refractivity contribution in [2.75, 3.05) is 0 Å². The minimum atomic E-state index is -0.175. The summed E-state index contributed by atoms with van der Waals surface area (Å²) in [6.07, 6.45) is 6.85. The highest BCUT2D eigenvalue weighted by Gasteiger charge is 2.11. The smallest absolute Gasteiger partial charge is 0.253 e. The Balaban J connectivity index is 1.55. The molecule has 0 aliphatic carbocycles. The van der Waals surface area contributed by atoms with Crippen LogP contribution in [0.2, 0.25) is 0 Å². The van der Waals surface area contributed by atoms with E-state index >= 15 is 0 Å². The van der Waals surface area contributed by atoms with Gasteiger partial charge in [0.2, 0.25) is 0 Å². The Labute approximate surface area is 143 Å². The fourth-order valence-electron chi connectivity index (χ4n) is 2.72. The summed E-state index contributed by atoms with van der Waals surface area (Å²) in [6.45, 7) is 0.401. The Morgan fingerprint density at radius 3 is 2.88 bits per heavy atom. The summed E-state index contributed by atoms with van der Waals surface area (Å²) < 4.78 is 3.48. The summed E-state index contributed by atoms with van der Waals surface area (Å²) in [5.41, 5.74) is 4.02. The van der Waals surface area contributed by atoms with Crippen LogP contribution in [-0.4, -0.2) is 30.5 Å². The van der Waals surface area contributed by atoms with Crippen molar-refractivity contribution in [3.8, 4) is 5.69 Å². The molecule has 7 heteroatoms. The third-order valence-corrected chi connectivity index (χ3v) is 4.04. The number of nitrogens with zero attached hydrogens (tertiary/aromatic N) is 5. The van der Waals surface area contributed by atoms with Crippen LogP contribution in [0.1, 0.15) is 15.9 Å². The number of fused-ring (bicyclic) bond motifs is 1. The average Bonchev–Trinajstić information content (AvgIpc) is 3.30. The molecule has 1 aromatic carbocycles. The minimum absolute atomic E-state index is 0.175. The zero-order valence-electron chi connectivity index (χ0n) is 13.6. The fraction of sp³-hybridized carbons (Fsp3) is 0.111. The maximum atomic E-state index is 12.5. The molecular weight excluding hydrogens is 316 g/mol. The topological polar surface area (TPSA) is 77.6 Å². The second kappa shape index (κ2) is 6.20. The van der Waals surface area contributed by atoms with Gasteiger partial charge >= 0.3 is 0 Å². The summed E-state index contributed by atoms with van der Waals surface area (Å²) in [5, 5.41) is 11.3. The Kier molecular flexibility index (Phi) is 3.74. The standard InChI is InChI=1S/C18H16N6O/c1-23-17-9-14(11-19-15(17)12-22-23)18(25)20-10-13-5-2-3-6-16(13)24-8-4-7-21-24/h2-9,11-12H,10H2,1H3,(H,20,25). The van der Waals surface area contributed by atoms with Gasteiger partial charge in [0, 0.05) is 32.2 Å². The molecule has 0 aliphatic rings. The summed E-state index contributed by atoms with van der Waals surface area (Å²) in [7, 11) is 1.83. The van der Waals surface area contributed by atoms with Gasteiger partial charge in [0.1, 0.15) is 5.52 Å². The molecule has 25 heavy (non-hydrogen) atoms. The number of carbonyl (C=O) groups excluding carboxylic acids is 1. The van der Waals surface area contributed by atoms with Gasteiger partial charge < -0.3 is 5.32 Å². The number of para-hydroxylation sites is 1. The molecule has 0 aliphatic heterocycles. The summed E-state index contributed by atoms with van der Waals surface area (Å²) in [4.78, 5) is 16.8. The first-order valence-electron chi connectivity index (χ1n) is 7.86. The van der Waals surface area contributed by atoms with E-state index in [0.29, 0.717) is 12.1 Å². The van der Waals surface area contributed by atoms with Gasteiger partial charge in [0.15, 0.2) is 0 Å². The Hall–Kier alpha value is -3.48. The lowest BCUT2D eigenvalue weighted by atomic mass is 10.1. The number of nitrogens with one attached hydrogen (secondary N) is 1. The number of benzene rings is 1. The number of aromatic nitrogens is 5. The van der Waals surface area contributed by atoms with E-state index < -0.39 is 0 Å². The normalized spacial score (nSPS) is 10.9. The number of hydrogen-bond acceptors (Lipinski definition) is 4.